The summed E-state index contributed by atoms with van der Waals surface area (Å²) in [5, 5.41) is 8.89. The summed E-state index contributed by atoms with van der Waals surface area (Å²) < 4.78 is 0. The quantitative estimate of drug-likeness (QED) is 0.788. The highest BCUT2D eigenvalue weighted by molar-refractivity contribution is 5.72. The molecule has 96 valence electrons. The number of hydrogen-bond donors (Lipinski definition) is 2. The van der Waals surface area contributed by atoms with Gasteiger partial charge >= 0.3 is 6.09 Å². The van der Waals surface area contributed by atoms with Gasteiger partial charge in [0.2, 0.25) is 0 Å². The number of nitrogens with zero attached hydrogens (tertiary/aromatic N) is 1. The molecule has 0 atom stereocenters. The standard InChI is InChI=1S/C14H18N2O2/c1-2-10-9-12(3-4-13(10)15)11-5-7-16(8-6-11)14(17)18/h3-5,9H,2,6-8,15H2,1H3,(H,17,18). The molecule has 2 rings (SSSR count). The van der Waals surface area contributed by atoms with E-state index in [2.05, 4.69) is 13.0 Å². The van der Waals surface area contributed by atoms with E-state index in [1.54, 1.807) is 0 Å². The van der Waals surface area contributed by atoms with Crippen molar-refractivity contribution in [2.24, 2.45) is 0 Å². The van der Waals surface area contributed by atoms with E-state index < -0.39 is 6.09 Å². The number of aryl methyl sites for hydroxylation is 1. The summed E-state index contributed by atoms with van der Waals surface area (Å²) >= 11 is 0. The highest BCUT2D eigenvalue weighted by Crippen LogP contribution is 2.25. The summed E-state index contributed by atoms with van der Waals surface area (Å²) in [6, 6.07) is 6.05. The van der Waals surface area contributed by atoms with Crippen LogP contribution in [0.15, 0.2) is 24.3 Å². The normalized spacial score (nSPS) is 15.4. The number of nitrogen functional groups attached to an aromatic ring is 1. The summed E-state index contributed by atoms with van der Waals surface area (Å²) in [4.78, 5) is 12.2. The Morgan fingerprint density at radius 3 is 2.83 bits per heavy atom. The van der Waals surface area contributed by atoms with Crippen molar-refractivity contribution < 1.29 is 9.90 Å². The average Bonchev–Trinajstić information content (AvgIpc) is 2.39. The zero-order valence-electron chi connectivity index (χ0n) is 10.5. The topological polar surface area (TPSA) is 66.6 Å². The molecular formula is C14H18N2O2. The fourth-order valence-corrected chi connectivity index (χ4v) is 2.22. The number of anilines is 1. The van der Waals surface area contributed by atoms with Gasteiger partial charge < -0.3 is 15.7 Å². The molecule has 0 spiro atoms. The Hall–Kier alpha value is -1.97. The molecule has 0 saturated heterocycles. The highest BCUT2D eigenvalue weighted by atomic mass is 16.4. The van der Waals surface area contributed by atoms with E-state index in [-0.39, 0.29) is 0 Å². The summed E-state index contributed by atoms with van der Waals surface area (Å²) in [5.74, 6) is 0. The molecule has 0 radical (unpaired) electrons. The molecule has 1 heterocycles. The Kier molecular flexibility index (Phi) is 3.55. The molecule has 4 nitrogen and oxygen atoms in total. The van der Waals surface area contributed by atoms with Crippen molar-refractivity contribution in [3.05, 3.63) is 35.4 Å². The third-order valence-electron chi connectivity index (χ3n) is 3.37. The number of carbonyl (C=O) groups is 1. The first kappa shape index (κ1) is 12.5. The Bertz CT molecular complexity index is 495. The minimum atomic E-state index is -0.850. The number of benzene rings is 1. The number of nitrogens with two attached hydrogens (primary N) is 1. The molecule has 1 aliphatic rings. The predicted molar refractivity (Wildman–Crippen MR) is 72.4 cm³/mol. The number of rotatable bonds is 2. The Morgan fingerprint density at radius 2 is 2.28 bits per heavy atom. The Labute approximate surface area is 107 Å². The van der Waals surface area contributed by atoms with Crippen molar-refractivity contribution >= 4 is 17.4 Å². The van der Waals surface area contributed by atoms with Crippen molar-refractivity contribution in [3.8, 4) is 0 Å². The van der Waals surface area contributed by atoms with Crippen LogP contribution in [-0.4, -0.2) is 29.2 Å². The third-order valence-corrected chi connectivity index (χ3v) is 3.37. The van der Waals surface area contributed by atoms with Gasteiger partial charge in [0.15, 0.2) is 0 Å². The second-order valence-corrected chi connectivity index (χ2v) is 4.48. The molecule has 4 heteroatoms. The second kappa shape index (κ2) is 5.12. The van der Waals surface area contributed by atoms with Crippen LogP contribution >= 0.6 is 0 Å². The van der Waals surface area contributed by atoms with Crippen LogP contribution in [0, 0.1) is 0 Å². The monoisotopic (exact) mass is 246 g/mol. The smallest absolute Gasteiger partial charge is 0.407 e. The van der Waals surface area contributed by atoms with Gasteiger partial charge in [0.05, 0.1) is 0 Å². The molecule has 3 N–H and O–H groups in total. The lowest BCUT2D eigenvalue weighted by Crippen LogP contribution is -2.33. The summed E-state index contributed by atoms with van der Waals surface area (Å²) in [6.07, 6.45) is 2.81. The molecule has 1 aromatic rings. The molecule has 1 aliphatic heterocycles. The van der Waals surface area contributed by atoms with Crippen LogP contribution in [0.4, 0.5) is 10.5 Å². The van der Waals surface area contributed by atoms with E-state index >= 15 is 0 Å². The predicted octanol–water partition coefficient (Wildman–Crippen LogP) is 2.60. The van der Waals surface area contributed by atoms with E-state index in [4.69, 9.17) is 10.8 Å². The van der Waals surface area contributed by atoms with E-state index in [1.165, 1.54) is 10.5 Å². The van der Waals surface area contributed by atoms with Crippen LogP contribution < -0.4 is 5.73 Å². The van der Waals surface area contributed by atoms with Gasteiger partial charge in [-0.25, -0.2) is 4.79 Å². The van der Waals surface area contributed by atoms with E-state index in [0.29, 0.717) is 13.1 Å². The van der Waals surface area contributed by atoms with Gasteiger partial charge in [-0.2, -0.15) is 0 Å². The fourth-order valence-electron chi connectivity index (χ4n) is 2.22. The molecular weight excluding hydrogens is 228 g/mol. The largest absolute Gasteiger partial charge is 0.465 e. The first-order chi connectivity index (χ1) is 8.61. The molecule has 0 aliphatic carbocycles. The molecule has 0 unspecified atom stereocenters. The summed E-state index contributed by atoms with van der Waals surface area (Å²) in [5.41, 5.74) is 10.2. The molecule has 1 aromatic carbocycles. The van der Waals surface area contributed by atoms with Gasteiger partial charge in [0.25, 0.3) is 0 Å². The van der Waals surface area contributed by atoms with E-state index in [1.807, 2.05) is 18.2 Å². The SMILES string of the molecule is CCc1cc(C2=CCN(C(=O)O)CC2)ccc1N. The van der Waals surface area contributed by atoms with E-state index in [9.17, 15) is 4.79 Å². The fraction of sp³-hybridized carbons (Fsp3) is 0.357. The highest BCUT2D eigenvalue weighted by Gasteiger charge is 2.16. The summed E-state index contributed by atoms with van der Waals surface area (Å²) in [6.45, 7) is 3.11. The first-order valence-corrected chi connectivity index (χ1v) is 6.17. The average molecular weight is 246 g/mol. The molecule has 1 amide bonds. The van der Waals surface area contributed by atoms with Crippen LogP contribution in [-0.2, 0) is 6.42 Å². The molecule has 0 aromatic heterocycles. The van der Waals surface area contributed by atoms with Gasteiger partial charge in [-0.15, -0.1) is 0 Å². The van der Waals surface area contributed by atoms with Crippen LogP contribution in [0.3, 0.4) is 0 Å². The van der Waals surface area contributed by atoms with E-state index in [0.717, 1.165) is 29.7 Å². The zero-order valence-corrected chi connectivity index (χ0v) is 10.5. The number of carboxylic acid groups (broad SMARTS) is 1. The Morgan fingerprint density at radius 1 is 1.50 bits per heavy atom. The zero-order chi connectivity index (χ0) is 13.1. The van der Waals surface area contributed by atoms with Gasteiger partial charge in [0.1, 0.15) is 0 Å². The molecule has 0 fully saturated rings. The maximum absolute atomic E-state index is 10.8. The summed E-state index contributed by atoms with van der Waals surface area (Å²) in [7, 11) is 0. The lowest BCUT2D eigenvalue weighted by Gasteiger charge is -2.24. The van der Waals surface area contributed by atoms with Crippen LogP contribution in [0.5, 0.6) is 0 Å². The first-order valence-electron chi connectivity index (χ1n) is 6.17. The van der Waals surface area contributed by atoms with Crippen LogP contribution in [0.2, 0.25) is 0 Å². The number of amides is 1. The van der Waals surface area contributed by atoms with Crippen molar-refractivity contribution in [2.75, 3.05) is 18.8 Å². The van der Waals surface area contributed by atoms with Crippen LogP contribution in [0.25, 0.3) is 5.57 Å². The maximum atomic E-state index is 10.8. The molecule has 0 saturated carbocycles. The van der Waals surface area contributed by atoms with Gasteiger partial charge in [-0.1, -0.05) is 19.1 Å². The molecule has 0 bridgehead atoms. The van der Waals surface area contributed by atoms with Crippen molar-refractivity contribution in [1.82, 2.24) is 4.90 Å². The van der Waals surface area contributed by atoms with Crippen LogP contribution in [0.1, 0.15) is 24.5 Å². The Balaban J connectivity index is 2.20. The lowest BCUT2D eigenvalue weighted by atomic mass is 9.96. The minimum absolute atomic E-state index is 0.469. The van der Waals surface area contributed by atoms with Crippen molar-refractivity contribution in [2.45, 2.75) is 19.8 Å². The van der Waals surface area contributed by atoms with Gasteiger partial charge in [-0.3, -0.25) is 0 Å². The van der Waals surface area contributed by atoms with Gasteiger partial charge in [-0.05, 0) is 41.7 Å². The van der Waals surface area contributed by atoms with Gasteiger partial charge in [0, 0.05) is 18.8 Å². The lowest BCUT2D eigenvalue weighted by molar-refractivity contribution is 0.150. The minimum Gasteiger partial charge on any atom is -0.465 e. The third kappa shape index (κ3) is 2.47. The van der Waals surface area contributed by atoms with Crippen molar-refractivity contribution in [1.29, 1.82) is 0 Å². The number of hydrogen-bond acceptors (Lipinski definition) is 2. The molecule has 18 heavy (non-hydrogen) atoms. The maximum Gasteiger partial charge on any atom is 0.407 e. The second-order valence-electron chi connectivity index (χ2n) is 4.48. The van der Waals surface area contributed by atoms with Crippen molar-refractivity contribution in [3.63, 3.8) is 0 Å².